The molecule has 0 unspecified atom stereocenters. The molecule has 272 valence electrons. The summed E-state index contributed by atoms with van der Waals surface area (Å²) in [4.78, 5) is 16.9. The summed E-state index contributed by atoms with van der Waals surface area (Å²) in [7, 11) is 0. The van der Waals surface area contributed by atoms with Crippen LogP contribution in [0.4, 0.5) is 17.1 Å². The molecule has 0 radical (unpaired) electrons. The molecule has 0 fully saturated rings. The monoisotopic (exact) mass is 734 g/mol. The van der Waals surface area contributed by atoms with Gasteiger partial charge in [-0.3, -0.25) is 4.99 Å². The summed E-state index contributed by atoms with van der Waals surface area (Å²) in [5.41, 5.74) is 11.8. The zero-order valence-electron chi connectivity index (χ0n) is 31.2. The van der Waals surface area contributed by atoms with Crippen molar-refractivity contribution in [3.63, 3.8) is 0 Å². The Hall–Kier alpha value is -7.63. The Labute approximate surface area is 332 Å². The summed E-state index contributed by atoms with van der Waals surface area (Å²) < 4.78 is 6.83. The van der Waals surface area contributed by atoms with Crippen LogP contribution in [0.1, 0.15) is 16.7 Å². The average Bonchev–Trinajstić information content (AvgIpc) is 3.69. The second-order valence-corrected chi connectivity index (χ2v) is 13.7. The summed E-state index contributed by atoms with van der Waals surface area (Å²) in [6.07, 6.45) is 0. The quantitative estimate of drug-likeness (QED) is 0.109. The van der Waals surface area contributed by atoms with Gasteiger partial charge in [-0.25, -0.2) is 9.98 Å². The molecule has 0 aliphatic carbocycles. The SMILES string of the molecule is C=N/C(=N\C(=N/Cc1ccccc1)c1ccc(N(c2ccc(-c3ccccc3)cc2)c2ccc(-c3ccccc3)cc2)c2c1oc1ccccc12)c1ccccc1. The van der Waals surface area contributed by atoms with Gasteiger partial charge in [0.1, 0.15) is 11.2 Å². The van der Waals surface area contributed by atoms with Crippen LogP contribution in [0.15, 0.2) is 226 Å². The molecule has 0 bridgehead atoms. The first-order valence-corrected chi connectivity index (χ1v) is 19.0. The van der Waals surface area contributed by atoms with E-state index in [9.17, 15) is 0 Å². The van der Waals surface area contributed by atoms with Crippen LogP contribution in [-0.4, -0.2) is 18.4 Å². The topological polar surface area (TPSA) is 53.5 Å². The largest absolute Gasteiger partial charge is 0.455 e. The Bertz CT molecular complexity index is 2760. The summed E-state index contributed by atoms with van der Waals surface area (Å²) in [5, 5.41) is 1.95. The minimum atomic E-state index is 0.427. The molecule has 8 aromatic carbocycles. The molecule has 0 saturated heterocycles. The third-order valence-electron chi connectivity index (χ3n) is 10.1. The molecule has 0 saturated carbocycles. The number of para-hydroxylation sites is 1. The number of hydrogen-bond acceptors (Lipinski definition) is 3. The Kier molecular flexibility index (Phi) is 9.85. The van der Waals surface area contributed by atoms with Gasteiger partial charge in [-0.05, 0) is 77.0 Å². The van der Waals surface area contributed by atoms with Crippen LogP contribution in [0.5, 0.6) is 0 Å². The first kappa shape index (κ1) is 35.1. The maximum atomic E-state index is 6.83. The number of benzene rings is 8. The highest BCUT2D eigenvalue weighted by Gasteiger charge is 2.24. The number of amidine groups is 2. The normalized spacial score (nSPS) is 11.9. The third-order valence-corrected chi connectivity index (χ3v) is 10.1. The maximum absolute atomic E-state index is 6.83. The van der Waals surface area contributed by atoms with Gasteiger partial charge in [-0.1, -0.05) is 164 Å². The van der Waals surface area contributed by atoms with Gasteiger partial charge in [0.05, 0.1) is 23.2 Å². The first-order valence-electron chi connectivity index (χ1n) is 19.0. The van der Waals surface area contributed by atoms with E-state index >= 15 is 0 Å². The molecule has 0 N–H and O–H groups in total. The molecule has 5 heteroatoms. The minimum absolute atomic E-state index is 0.427. The fraction of sp³-hybridized carbons (Fsp3) is 0.0192. The Morgan fingerprint density at radius 2 is 1.00 bits per heavy atom. The van der Waals surface area contributed by atoms with Crippen LogP contribution in [0.25, 0.3) is 44.2 Å². The van der Waals surface area contributed by atoms with E-state index in [-0.39, 0.29) is 0 Å². The van der Waals surface area contributed by atoms with Gasteiger partial charge in [0, 0.05) is 22.3 Å². The predicted molar refractivity (Wildman–Crippen MR) is 238 cm³/mol. The van der Waals surface area contributed by atoms with Crippen LogP contribution in [0.2, 0.25) is 0 Å². The molecule has 0 spiro atoms. The second-order valence-electron chi connectivity index (χ2n) is 13.7. The van der Waals surface area contributed by atoms with Crippen molar-refractivity contribution in [3.05, 3.63) is 223 Å². The van der Waals surface area contributed by atoms with Crippen molar-refractivity contribution >= 4 is 57.4 Å². The predicted octanol–water partition coefficient (Wildman–Crippen LogP) is 13.5. The number of nitrogens with zero attached hydrogens (tertiary/aromatic N) is 4. The zero-order valence-corrected chi connectivity index (χ0v) is 31.2. The Morgan fingerprint density at radius 3 is 1.58 bits per heavy atom. The smallest absolute Gasteiger partial charge is 0.161 e. The van der Waals surface area contributed by atoms with Crippen molar-refractivity contribution in [1.29, 1.82) is 0 Å². The van der Waals surface area contributed by atoms with Crippen molar-refractivity contribution in [2.24, 2.45) is 15.0 Å². The maximum Gasteiger partial charge on any atom is 0.161 e. The molecular formula is C52H38N4O. The van der Waals surface area contributed by atoms with E-state index < -0.39 is 0 Å². The molecule has 0 amide bonds. The molecule has 0 aliphatic heterocycles. The number of fused-ring (bicyclic) bond motifs is 3. The molecule has 0 aliphatic rings. The van der Waals surface area contributed by atoms with Crippen LogP contribution in [-0.2, 0) is 6.54 Å². The number of hydrogen-bond donors (Lipinski definition) is 0. The summed E-state index contributed by atoms with van der Waals surface area (Å²) in [6.45, 7) is 4.32. The van der Waals surface area contributed by atoms with Crippen molar-refractivity contribution in [2.75, 3.05) is 4.90 Å². The van der Waals surface area contributed by atoms with Crippen molar-refractivity contribution in [3.8, 4) is 22.3 Å². The highest BCUT2D eigenvalue weighted by atomic mass is 16.3. The van der Waals surface area contributed by atoms with Crippen LogP contribution in [0.3, 0.4) is 0 Å². The molecule has 1 heterocycles. The number of anilines is 3. The van der Waals surface area contributed by atoms with Crippen LogP contribution in [0, 0.1) is 0 Å². The minimum Gasteiger partial charge on any atom is -0.455 e. The van der Waals surface area contributed by atoms with Gasteiger partial charge in [-0.2, -0.15) is 0 Å². The Morgan fingerprint density at radius 1 is 0.491 bits per heavy atom. The summed E-state index contributed by atoms with van der Waals surface area (Å²) >= 11 is 0. The Balaban J connectivity index is 1.25. The van der Waals surface area contributed by atoms with Gasteiger partial charge in [0.15, 0.2) is 11.7 Å². The van der Waals surface area contributed by atoms with E-state index in [0.717, 1.165) is 61.2 Å². The fourth-order valence-corrected chi connectivity index (χ4v) is 7.28. The van der Waals surface area contributed by atoms with Gasteiger partial charge in [0.25, 0.3) is 0 Å². The first-order chi connectivity index (χ1) is 28.2. The van der Waals surface area contributed by atoms with Crippen LogP contribution >= 0.6 is 0 Å². The number of aliphatic imine (C=N–C) groups is 3. The average molecular weight is 735 g/mol. The zero-order chi connectivity index (χ0) is 38.4. The highest BCUT2D eigenvalue weighted by Crippen LogP contribution is 2.45. The van der Waals surface area contributed by atoms with Gasteiger partial charge in [0.2, 0.25) is 0 Å². The lowest BCUT2D eigenvalue weighted by molar-refractivity contribution is 0.668. The van der Waals surface area contributed by atoms with E-state index in [1.54, 1.807) is 0 Å². The van der Waals surface area contributed by atoms with Crippen molar-refractivity contribution in [2.45, 2.75) is 6.54 Å². The van der Waals surface area contributed by atoms with E-state index in [4.69, 9.17) is 14.4 Å². The number of furan rings is 1. The molecule has 9 rings (SSSR count). The van der Waals surface area contributed by atoms with E-state index in [1.165, 1.54) is 11.1 Å². The molecule has 9 aromatic rings. The van der Waals surface area contributed by atoms with Crippen molar-refractivity contribution < 1.29 is 4.42 Å². The fourth-order valence-electron chi connectivity index (χ4n) is 7.28. The third kappa shape index (κ3) is 7.30. The standard InChI is InChI=1S/C52H38N4O/c1-53-51(42-22-12-5-13-23-42)55-52(54-36-37-16-6-2-7-17-37)46-34-35-47(49-45-24-14-15-25-48(45)57-50(46)49)56(43-30-26-40(27-31-43)38-18-8-3-9-19-38)44-32-28-41(29-33-44)39-20-10-4-11-21-39/h2-35H,1,36H2/b54-52-,55-51-. The lowest BCUT2D eigenvalue weighted by Gasteiger charge is -2.27. The molecule has 57 heavy (non-hydrogen) atoms. The lowest BCUT2D eigenvalue weighted by atomic mass is 10.0. The second kappa shape index (κ2) is 16.0. The lowest BCUT2D eigenvalue weighted by Crippen LogP contribution is -2.11. The van der Waals surface area contributed by atoms with Gasteiger partial charge < -0.3 is 9.32 Å². The van der Waals surface area contributed by atoms with Gasteiger partial charge in [-0.15, -0.1) is 0 Å². The highest BCUT2D eigenvalue weighted by molar-refractivity contribution is 6.22. The molecule has 1 aromatic heterocycles. The molecule has 0 atom stereocenters. The van der Waals surface area contributed by atoms with Crippen LogP contribution < -0.4 is 4.90 Å². The van der Waals surface area contributed by atoms with Gasteiger partial charge >= 0.3 is 0 Å². The summed E-state index contributed by atoms with van der Waals surface area (Å²) in [6, 6.07) is 70.9. The molecule has 5 nitrogen and oxygen atoms in total. The van der Waals surface area contributed by atoms with Crippen molar-refractivity contribution in [1.82, 2.24) is 0 Å². The summed E-state index contributed by atoms with van der Waals surface area (Å²) in [5.74, 6) is 0.987. The molecular weight excluding hydrogens is 697 g/mol. The van der Waals surface area contributed by atoms with E-state index in [0.29, 0.717) is 23.8 Å². The number of rotatable bonds is 9. The van der Waals surface area contributed by atoms with E-state index in [2.05, 4.69) is 150 Å². The van der Waals surface area contributed by atoms with E-state index in [1.807, 2.05) is 72.8 Å².